The summed E-state index contributed by atoms with van der Waals surface area (Å²) in [6.07, 6.45) is 7.01. The van der Waals surface area contributed by atoms with Gasteiger partial charge >= 0.3 is 0 Å². The predicted octanol–water partition coefficient (Wildman–Crippen LogP) is 4.58. The van der Waals surface area contributed by atoms with Gasteiger partial charge in [0.15, 0.2) is 0 Å². The molecule has 0 heterocycles. The molecule has 0 saturated heterocycles. The molecule has 1 N–H and O–H groups in total. The fraction of sp³-hybridized carbons (Fsp3) is 0.625. The highest BCUT2D eigenvalue weighted by molar-refractivity contribution is 6.31. The SMILES string of the molecule is CCCNC(CCCc1cc(F)ccc1Cl)C1CC1. The highest BCUT2D eigenvalue weighted by atomic mass is 35.5. The Bertz CT molecular complexity index is 404. The van der Waals surface area contributed by atoms with Crippen LogP contribution in [0.25, 0.3) is 0 Å². The van der Waals surface area contributed by atoms with Crippen LogP contribution >= 0.6 is 11.6 Å². The molecule has 1 aromatic rings. The maximum Gasteiger partial charge on any atom is 0.123 e. The third-order valence-electron chi connectivity index (χ3n) is 3.82. The minimum absolute atomic E-state index is 0.192. The molecule has 19 heavy (non-hydrogen) atoms. The van der Waals surface area contributed by atoms with Crippen molar-refractivity contribution in [2.24, 2.45) is 5.92 Å². The van der Waals surface area contributed by atoms with Crippen LogP contribution in [0.3, 0.4) is 0 Å². The quantitative estimate of drug-likeness (QED) is 0.736. The van der Waals surface area contributed by atoms with E-state index in [-0.39, 0.29) is 5.82 Å². The van der Waals surface area contributed by atoms with Crippen LogP contribution < -0.4 is 5.32 Å². The number of rotatable bonds is 8. The van der Waals surface area contributed by atoms with Gasteiger partial charge in [-0.2, -0.15) is 0 Å². The van der Waals surface area contributed by atoms with Crippen molar-refractivity contribution in [3.05, 3.63) is 34.6 Å². The zero-order chi connectivity index (χ0) is 13.7. The summed E-state index contributed by atoms with van der Waals surface area (Å²) < 4.78 is 13.2. The van der Waals surface area contributed by atoms with Gasteiger partial charge in [0.1, 0.15) is 5.82 Å². The molecule has 2 rings (SSSR count). The van der Waals surface area contributed by atoms with Crippen LogP contribution in [0.4, 0.5) is 4.39 Å². The molecule has 0 aromatic heterocycles. The highest BCUT2D eigenvalue weighted by Gasteiger charge is 2.30. The molecule has 0 bridgehead atoms. The minimum Gasteiger partial charge on any atom is -0.314 e. The fourth-order valence-electron chi connectivity index (χ4n) is 2.58. The summed E-state index contributed by atoms with van der Waals surface area (Å²) in [6, 6.07) is 5.28. The van der Waals surface area contributed by atoms with Gasteiger partial charge in [0.2, 0.25) is 0 Å². The van der Waals surface area contributed by atoms with Crippen LogP contribution in [0.2, 0.25) is 5.02 Å². The molecule has 0 radical (unpaired) electrons. The molecule has 3 heteroatoms. The van der Waals surface area contributed by atoms with Gasteiger partial charge in [-0.3, -0.25) is 0 Å². The van der Waals surface area contributed by atoms with Gasteiger partial charge in [-0.15, -0.1) is 0 Å². The highest BCUT2D eigenvalue weighted by Crippen LogP contribution is 2.34. The first-order valence-electron chi connectivity index (χ1n) is 7.38. The van der Waals surface area contributed by atoms with Gasteiger partial charge in [-0.1, -0.05) is 18.5 Å². The summed E-state index contributed by atoms with van der Waals surface area (Å²) in [5.41, 5.74) is 0.937. The number of hydrogen-bond acceptors (Lipinski definition) is 1. The molecule has 1 nitrogen and oxygen atoms in total. The van der Waals surface area contributed by atoms with E-state index < -0.39 is 0 Å². The Morgan fingerprint density at radius 2 is 2.21 bits per heavy atom. The largest absolute Gasteiger partial charge is 0.314 e. The Morgan fingerprint density at radius 3 is 2.89 bits per heavy atom. The van der Waals surface area contributed by atoms with E-state index in [1.165, 1.54) is 25.3 Å². The molecule has 0 spiro atoms. The van der Waals surface area contributed by atoms with Crippen molar-refractivity contribution in [1.29, 1.82) is 0 Å². The van der Waals surface area contributed by atoms with E-state index in [1.54, 1.807) is 12.1 Å². The lowest BCUT2D eigenvalue weighted by molar-refractivity contribution is 0.425. The minimum atomic E-state index is -0.192. The molecule has 1 fully saturated rings. The maximum absolute atomic E-state index is 13.2. The summed E-state index contributed by atoms with van der Waals surface area (Å²) in [6.45, 7) is 3.30. The van der Waals surface area contributed by atoms with E-state index in [0.29, 0.717) is 11.1 Å². The van der Waals surface area contributed by atoms with E-state index in [9.17, 15) is 4.39 Å². The molecular weight excluding hydrogens is 261 g/mol. The normalized spacial score (nSPS) is 16.6. The number of benzene rings is 1. The van der Waals surface area contributed by atoms with Crippen molar-refractivity contribution < 1.29 is 4.39 Å². The van der Waals surface area contributed by atoms with Crippen molar-refractivity contribution in [3.63, 3.8) is 0 Å². The van der Waals surface area contributed by atoms with E-state index in [1.807, 2.05) is 0 Å². The molecule has 1 aliphatic carbocycles. The molecule has 1 saturated carbocycles. The zero-order valence-electron chi connectivity index (χ0n) is 11.6. The standard InChI is InChI=1S/C16H23ClFN/c1-2-10-19-16(12-6-7-12)5-3-4-13-11-14(18)8-9-15(13)17/h8-9,11-12,16,19H,2-7,10H2,1H3. The lowest BCUT2D eigenvalue weighted by Crippen LogP contribution is -2.31. The molecule has 0 amide bonds. The van der Waals surface area contributed by atoms with E-state index in [4.69, 9.17) is 11.6 Å². The van der Waals surface area contributed by atoms with Crippen LogP contribution in [-0.2, 0) is 6.42 Å². The number of aryl methyl sites for hydroxylation is 1. The summed E-state index contributed by atoms with van der Waals surface area (Å²) >= 11 is 6.09. The van der Waals surface area contributed by atoms with Crippen LogP contribution in [0.1, 0.15) is 44.6 Å². The Hall–Kier alpha value is -0.600. The average molecular weight is 284 g/mol. The summed E-state index contributed by atoms with van der Waals surface area (Å²) in [5, 5.41) is 4.32. The summed E-state index contributed by atoms with van der Waals surface area (Å²) in [5.74, 6) is 0.678. The van der Waals surface area contributed by atoms with Crippen molar-refractivity contribution in [3.8, 4) is 0 Å². The first-order chi connectivity index (χ1) is 9.20. The third-order valence-corrected chi connectivity index (χ3v) is 4.19. The molecule has 0 aliphatic heterocycles. The predicted molar refractivity (Wildman–Crippen MR) is 79.2 cm³/mol. The topological polar surface area (TPSA) is 12.0 Å². The molecule has 106 valence electrons. The first kappa shape index (κ1) is 14.8. The Labute approximate surface area is 120 Å². The second-order valence-corrected chi connectivity index (χ2v) is 5.93. The van der Waals surface area contributed by atoms with Gasteiger partial charge in [0.05, 0.1) is 0 Å². The Morgan fingerprint density at radius 1 is 1.42 bits per heavy atom. The lowest BCUT2D eigenvalue weighted by atomic mass is 10.0. The molecule has 1 aliphatic rings. The van der Waals surface area contributed by atoms with Crippen molar-refractivity contribution >= 4 is 11.6 Å². The van der Waals surface area contributed by atoms with Gasteiger partial charge in [-0.05, 0) is 74.8 Å². The number of halogens is 2. The average Bonchev–Trinajstić information content (AvgIpc) is 3.22. The summed E-state index contributed by atoms with van der Waals surface area (Å²) in [7, 11) is 0. The van der Waals surface area contributed by atoms with Crippen molar-refractivity contribution in [2.75, 3.05) is 6.54 Å². The Kier molecular flexibility index (Phi) is 5.65. The van der Waals surface area contributed by atoms with Gasteiger partial charge < -0.3 is 5.32 Å². The summed E-state index contributed by atoms with van der Waals surface area (Å²) in [4.78, 5) is 0. The number of hydrogen-bond donors (Lipinski definition) is 1. The number of nitrogens with one attached hydrogen (secondary N) is 1. The third kappa shape index (κ3) is 4.77. The van der Waals surface area contributed by atoms with Gasteiger partial charge in [-0.25, -0.2) is 4.39 Å². The van der Waals surface area contributed by atoms with Crippen LogP contribution in [0.15, 0.2) is 18.2 Å². The van der Waals surface area contributed by atoms with Crippen LogP contribution in [-0.4, -0.2) is 12.6 Å². The van der Waals surface area contributed by atoms with Crippen LogP contribution in [0.5, 0.6) is 0 Å². The monoisotopic (exact) mass is 283 g/mol. The second kappa shape index (κ2) is 7.25. The lowest BCUT2D eigenvalue weighted by Gasteiger charge is -2.18. The smallest absolute Gasteiger partial charge is 0.123 e. The molecule has 1 aromatic carbocycles. The maximum atomic E-state index is 13.2. The molecular formula is C16H23ClFN. The van der Waals surface area contributed by atoms with Crippen molar-refractivity contribution in [1.82, 2.24) is 5.32 Å². The van der Waals surface area contributed by atoms with Gasteiger partial charge in [0.25, 0.3) is 0 Å². The zero-order valence-corrected chi connectivity index (χ0v) is 12.3. The molecule has 1 atom stereocenters. The second-order valence-electron chi connectivity index (χ2n) is 5.53. The van der Waals surface area contributed by atoms with E-state index >= 15 is 0 Å². The van der Waals surface area contributed by atoms with Crippen LogP contribution in [0, 0.1) is 11.7 Å². The van der Waals surface area contributed by atoms with E-state index in [2.05, 4.69) is 12.2 Å². The first-order valence-corrected chi connectivity index (χ1v) is 7.75. The van der Waals surface area contributed by atoms with E-state index in [0.717, 1.165) is 37.3 Å². The molecule has 1 unspecified atom stereocenters. The van der Waals surface area contributed by atoms with Crippen molar-refractivity contribution in [2.45, 2.75) is 51.5 Å². The Balaban J connectivity index is 1.79. The fourth-order valence-corrected chi connectivity index (χ4v) is 2.79. The van der Waals surface area contributed by atoms with Gasteiger partial charge in [0, 0.05) is 11.1 Å².